The number of hydrogen-bond acceptors (Lipinski definition) is 19. The smallest absolute Gasteiger partial charge is 0.354 e. The molecule has 8 N–H and O–H groups in total. The minimum atomic E-state index is -1.63. The van der Waals surface area contributed by atoms with E-state index in [1.807, 2.05) is 68.4 Å². The number of ether oxygens (including phenoxy) is 1. The second-order valence-electron chi connectivity index (χ2n) is 35.0. The van der Waals surface area contributed by atoms with Crippen molar-refractivity contribution < 1.29 is 82.0 Å². The molecule has 30 nitrogen and oxygen atoms in total. The van der Waals surface area contributed by atoms with E-state index >= 15 is 9.59 Å². The van der Waals surface area contributed by atoms with Crippen LogP contribution in [-0.2, 0) is 62.9 Å². The molecule has 0 fully saturated rings. The molecule has 662 valence electrons. The summed E-state index contributed by atoms with van der Waals surface area (Å²) in [5, 5.41) is 47.6. The molecule has 12 amide bonds. The molecule has 0 radical (unpaired) electrons. The second kappa shape index (κ2) is 47.6. The Morgan fingerprint density at radius 1 is 0.525 bits per heavy atom. The average Bonchev–Trinajstić information content (AvgIpc) is 0.790. The summed E-state index contributed by atoms with van der Waals surface area (Å²) in [6, 6.07) is 2.54. The van der Waals surface area contributed by atoms with Crippen LogP contribution in [0.1, 0.15) is 195 Å². The number of amides is 12. The van der Waals surface area contributed by atoms with Crippen LogP contribution >= 0.6 is 11.8 Å². The Kier molecular flexibility index (Phi) is 41.6. The van der Waals surface area contributed by atoms with Gasteiger partial charge in [-0.05, 0) is 129 Å². The number of benzene rings is 2. The monoisotopic (exact) mass is 1670 g/mol. The number of likely N-dealkylation sites (N-methyl/N-ethyl adjacent to an activating group) is 7. The molecule has 0 aliphatic heterocycles. The topological polar surface area (TPSA) is 388 Å². The quantitative estimate of drug-likeness (QED) is 0.0255. The first-order valence-electron chi connectivity index (χ1n) is 41.3. The van der Waals surface area contributed by atoms with Gasteiger partial charge in [-0.25, -0.2) is 4.79 Å². The van der Waals surface area contributed by atoms with Gasteiger partial charge in [0, 0.05) is 85.9 Å². The Labute approximate surface area is 704 Å². The zero-order chi connectivity index (χ0) is 90.0. The predicted octanol–water partition coefficient (Wildman–Crippen LogP) is 7.44. The van der Waals surface area contributed by atoms with E-state index in [0.29, 0.717) is 29.1 Å². The Balaban J connectivity index is 1.94. The van der Waals surface area contributed by atoms with Gasteiger partial charge in [-0.2, -0.15) is 0 Å². The van der Waals surface area contributed by atoms with Crippen LogP contribution in [0.4, 0.5) is 0 Å². The lowest BCUT2D eigenvalue weighted by Gasteiger charge is -2.39. The fourth-order valence-corrected chi connectivity index (χ4v) is 14.8. The molecule has 1 aromatic heterocycles. The summed E-state index contributed by atoms with van der Waals surface area (Å²) < 4.78 is 11.6. The maximum atomic E-state index is 15.1. The molecule has 0 saturated heterocycles. The third kappa shape index (κ3) is 30.0. The molecule has 0 aliphatic rings. The van der Waals surface area contributed by atoms with Gasteiger partial charge in [0.1, 0.15) is 82.6 Å². The minimum Gasteiger partial charge on any atom is -0.506 e. The summed E-state index contributed by atoms with van der Waals surface area (Å²) in [7, 11) is 11.5. The lowest BCUT2D eigenvalue weighted by Crippen LogP contribution is -2.63. The maximum absolute atomic E-state index is 15.1. The summed E-state index contributed by atoms with van der Waals surface area (Å²) in [6.07, 6.45) is 0.162. The third-order valence-electron chi connectivity index (χ3n) is 20.9. The van der Waals surface area contributed by atoms with Crippen molar-refractivity contribution in [1.82, 2.24) is 60.9 Å². The largest absolute Gasteiger partial charge is 0.506 e. The van der Waals surface area contributed by atoms with Gasteiger partial charge in [-0.15, -0.1) is 0 Å². The van der Waals surface area contributed by atoms with Crippen LogP contribution in [0.15, 0.2) is 73.6 Å². The van der Waals surface area contributed by atoms with Gasteiger partial charge in [0.25, 0.3) is 5.91 Å². The highest BCUT2D eigenvalue weighted by atomic mass is 32.2. The van der Waals surface area contributed by atoms with Gasteiger partial charge in [0.05, 0.1) is 12.7 Å². The van der Waals surface area contributed by atoms with Gasteiger partial charge in [-0.1, -0.05) is 167 Å². The number of carbonyl (C=O) groups is 12. The number of aromatic hydroxyl groups is 1. The summed E-state index contributed by atoms with van der Waals surface area (Å²) in [6.45, 7) is 33.0. The minimum absolute atomic E-state index is 0.00385. The number of rotatable bonds is 46. The Bertz CT molecular complexity index is 3920. The maximum Gasteiger partial charge on any atom is 0.354 e. The zero-order valence-corrected chi connectivity index (χ0v) is 75.9. The van der Waals surface area contributed by atoms with Crippen LogP contribution in [0.2, 0.25) is 0 Å². The lowest BCUT2D eigenvalue weighted by atomic mass is 9.87. The molecule has 3 aromatic rings. The van der Waals surface area contributed by atoms with E-state index in [1.54, 1.807) is 119 Å². The third-order valence-corrected chi connectivity index (χ3v) is 22.1. The highest BCUT2D eigenvalue weighted by Crippen LogP contribution is 2.41. The average molecular weight is 1670 g/mol. The van der Waals surface area contributed by atoms with Crippen LogP contribution in [-0.4, -0.2) is 263 Å². The van der Waals surface area contributed by atoms with Crippen LogP contribution in [0.25, 0.3) is 11.3 Å². The van der Waals surface area contributed by atoms with Crippen LogP contribution < -0.4 is 36.9 Å². The molecule has 0 saturated carbocycles. The highest BCUT2D eigenvalue weighted by Gasteiger charge is 2.45. The number of hydrogen-bond donors (Lipinski definition) is 8. The molecule has 31 heteroatoms. The van der Waals surface area contributed by atoms with Crippen molar-refractivity contribution in [2.75, 3.05) is 76.1 Å². The van der Waals surface area contributed by atoms with Gasteiger partial charge >= 0.3 is 5.63 Å². The Morgan fingerprint density at radius 3 is 1.56 bits per heavy atom. The summed E-state index contributed by atoms with van der Waals surface area (Å²) in [5.41, 5.74) is 0.168. The molecular weight excluding hydrogens is 1530 g/mol. The highest BCUT2D eigenvalue weighted by molar-refractivity contribution is 7.99. The van der Waals surface area contributed by atoms with Crippen LogP contribution in [0, 0.1) is 41.4 Å². The number of unbranched alkanes of at least 4 members (excludes halogenated alkanes) is 1. The van der Waals surface area contributed by atoms with Crippen molar-refractivity contribution in [2.45, 2.75) is 271 Å². The molecule has 1 heterocycles. The first-order chi connectivity index (χ1) is 54.9. The molecule has 118 heavy (non-hydrogen) atoms. The van der Waals surface area contributed by atoms with E-state index in [9.17, 15) is 68.1 Å². The fraction of sp³-hybridized carbons (Fsp3) is 0.667. The number of nitrogens with zero attached hydrogens (tertiary/aromatic N) is 7. The lowest BCUT2D eigenvalue weighted by molar-refractivity contribution is -0.154. The molecule has 2 aromatic carbocycles. The standard InChI is InChI=1S/C87H140N12O18S/c1-28-60(90-79(108)73(74(104)55(14)15)99(27)85(114)72(54(12)13)98(26)70(103)40-37-49(2)3)81(110)97(25)65(47-100)83(112)94(22)63(43-51(6)7)78(107)92-71(53(10)11)84(113)95(23)62(42-50(4)5)77(106)91-61(76(105)89-56(16)80(109)96(24)64(44-52(8)9)82(111)93(20)21)36-32-33-41-88-69(102)48-116-58-38-39-68(59(45-58)87(17,18)19)118-75-66(101)46-67(117-86(75)115)57-34-30-29-31-35-57/h29-31,34-35,38-39,45-46,49-56,60-65,71-74,100-101,104H,28,32-33,36-37,40-44,47-48H2,1-27H3,(H,88,102)(H,89,105)(H,90,108)(H,91,106)(H,92,107)/t56-,60+,61+,62+,63+,64+,65-,71+,72+,73+,74-/m1/s1. The zero-order valence-electron chi connectivity index (χ0n) is 75.1. The fourth-order valence-electron chi connectivity index (χ4n) is 13.7. The SMILES string of the molecule is CC[C@H](NC(=O)[C@H]([C@H](O)C(C)C)N(C)C(=O)[C@H](C(C)C)N(C)C(=O)CCC(C)C)C(=O)N(C)[C@H](CO)C(=O)N(C)[C@@H](CC(C)C)C(=O)N[C@H](C(=O)N(C)[C@@H](CC(C)C)C(=O)N[C@@H](CCCCNC(=O)COc1ccc(Sc2c(O)cc(-c3ccccc3)oc2=O)c(C(C)(C)C)c1)C(=O)N[C@H](C)C(=O)N(C)[C@@H](CC(C)C)C(=O)N(C)C)C(C)C. The number of aliphatic hydroxyl groups excluding tert-OH is 2. The molecule has 0 spiro atoms. The van der Waals surface area contributed by atoms with Crippen molar-refractivity contribution >= 4 is 82.6 Å². The van der Waals surface area contributed by atoms with E-state index < -0.39 is 161 Å². The predicted molar refractivity (Wildman–Crippen MR) is 455 cm³/mol. The molecule has 3 rings (SSSR count). The summed E-state index contributed by atoms with van der Waals surface area (Å²) in [5.74, 6) is -9.44. The van der Waals surface area contributed by atoms with E-state index in [2.05, 4.69) is 26.6 Å². The van der Waals surface area contributed by atoms with Crippen molar-refractivity contribution in [3.05, 3.63) is 70.6 Å². The normalized spacial score (nSPS) is 14.5. The van der Waals surface area contributed by atoms with E-state index in [1.165, 1.54) is 74.9 Å². The van der Waals surface area contributed by atoms with E-state index in [0.717, 1.165) is 32.0 Å². The molecule has 0 unspecified atom stereocenters. The van der Waals surface area contributed by atoms with E-state index in [-0.39, 0.29) is 110 Å². The van der Waals surface area contributed by atoms with Crippen molar-refractivity contribution in [1.29, 1.82) is 0 Å². The van der Waals surface area contributed by atoms with Crippen molar-refractivity contribution in [3.8, 4) is 22.8 Å². The molecular formula is C87H140N12O18S. The van der Waals surface area contributed by atoms with Gasteiger partial charge in [-0.3, -0.25) is 57.5 Å². The van der Waals surface area contributed by atoms with Gasteiger partial charge in [0.15, 0.2) is 6.61 Å². The van der Waals surface area contributed by atoms with Crippen molar-refractivity contribution in [2.24, 2.45) is 41.4 Å². The van der Waals surface area contributed by atoms with Crippen LogP contribution in [0.5, 0.6) is 11.5 Å². The first kappa shape index (κ1) is 103. The molecule has 0 aliphatic carbocycles. The molecule has 0 bridgehead atoms. The van der Waals surface area contributed by atoms with Gasteiger partial charge < -0.3 is 85.4 Å². The summed E-state index contributed by atoms with van der Waals surface area (Å²) >= 11 is 1.04. The van der Waals surface area contributed by atoms with Crippen LogP contribution in [0.3, 0.4) is 0 Å². The first-order valence-corrected chi connectivity index (χ1v) is 42.1. The van der Waals surface area contributed by atoms with Crippen molar-refractivity contribution in [3.63, 3.8) is 0 Å². The van der Waals surface area contributed by atoms with E-state index in [4.69, 9.17) is 9.15 Å². The Morgan fingerprint density at radius 2 is 1.06 bits per heavy atom. The summed E-state index contributed by atoms with van der Waals surface area (Å²) in [4.78, 5) is 195. The number of nitrogens with one attached hydrogen (secondary N) is 5. The number of carbonyl (C=O) groups excluding carboxylic acids is 12. The molecule has 11 atom stereocenters. The number of aliphatic hydroxyl groups is 2. The Hall–Kier alpha value is -9.10. The van der Waals surface area contributed by atoms with Gasteiger partial charge in [0.2, 0.25) is 65.0 Å². The second-order valence-corrected chi connectivity index (χ2v) is 36.1.